The lowest BCUT2D eigenvalue weighted by atomic mass is 10.1. The van der Waals surface area contributed by atoms with Crippen molar-refractivity contribution < 1.29 is 4.79 Å². The van der Waals surface area contributed by atoms with E-state index < -0.39 is 11.5 Å². The number of carbonyl (C=O) groups excluding carboxylic acids is 1. The quantitative estimate of drug-likeness (QED) is 0.785. The fraction of sp³-hybridized carbons (Fsp3) is 0.0667. The molecule has 0 bridgehead atoms. The van der Waals surface area contributed by atoms with Gasteiger partial charge in [-0.05, 0) is 18.2 Å². The number of amides is 1. The molecule has 0 saturated heterocycles. The topological polar surface area (TPSA) is 95.8 Å². The van der Waals surface area contributed by atoms with Gasteiger partial charge in [0, 0.05) is 29.9 Å². The fourth-order valence-electron chi connectivity index (χ4n) is 2.10. The summed E-state index contributed by atoms with van der Waals surface area (Å²) in [5.74, 6) is -0.520. The van der Waals surface area contributed by atoms with Crippen molar-refractivity contribution in [1.82, 2.24) is 19.6 Å². The van der Waals surface area contributed by atoms with Crippen molar-refractivity contribution in [3.8, 4) is 17.1 Å². The van der Waals surface area contributed by atoms with Crippen LogP contribution in [0.4, 0.5) is 0 Å². The molecule has 0 spiro atoms. The van der Waals surface area contributed by atoms with Crippen LogP contribution in [0.2, 0.25) is 5.02 Å². The molecule has 0 aliphatic rings. The number of carbonyl (C=O) groups is 1. The molecule has 116 valence electrons. The lowest BCUT2D eigenvalue weighted by Crippen LogP contribution is -2.31. The number of primary amides is 1. The summed E-state index contributed by atoms with van der Waals surface area (Å²) in [6.07, 6.45) is 1.67. The van der Waals surface area contributed by atoms with Gasteiger partial charge >= 0.3 is 0 Å². The second-order valence-electron chi connectivity index (χ2n) is 4.88. The van der Waals surface area contributed by atoms with Gasteiger partial charge in [0.25, 0.3) is 11.5 Å². The largest absolute Gasteiger partial charge is 0.365 e. The number of aryl methyl sites for hydroxylation is 1. The SMILES string of the molecule is Cn1ccc(-n2nc(-c3ccc(Cl)cc3)cc(C(N)=O)c2=O)n1. The number of nitrogens with zero attached hydrogens (tertiary/aromatic N) is 4. The average Bonchev–Trinajstić information content (AvgIpc) is 2.94. The summed E-state index contributed by atoms with van der Waals surface area (Å²) in [7, 11) is 1.71. The highest BCUT2D eigenvalue weighted by atomic mass is 35.5. The van der Waals surface area contributed by atoms with Crippen LogP contribution < -0.4 is 11.3 Å². The van der Waals surface area contributed by atoms with E-state index in [1.54, 1.807) is 43.6 Å². The van der Waals surface area contributed by atoms with E-state index >= 15 is 0 Å². The van der Waals surface area contributed by atoms with Crippen molar-refractivity contribution in [2.24, 2.45) is 12.8 Å². The third kappa shape index (κ3) is 2.86. The number of rotatable bonds is 3. The van der Waals surface area contributed by atoms with Crippen LogP contribution in [-0.4, -0.2) is 25.5 Å². The first-order valence-electron chi connectivity index (χ1n) is 6.66. The first-order chi connectivity index (χ1) is 11.0. The van der Waals surface area contributed by atoms with Crippen LogP contribution in [0.3, 0.4) is 0 Å². The second kappa shape index (κ2) is 5.69. The molecule has 0 unspecified atom stereocenters. The highest BCUT2D eigenvalue weighted by Gasteiger charge is 2.16. The Kier molecular flexibility index (Phi) is 3.71. The third-order valence-corrected chi connectivity index (χ3v) is 3.49. The Morgan fingerprint density at radius 1 is 1.17 bits per heavy atom. The zero-order chi connectivity index (χ0) is 16.6. The van der Waals surface area contributed by atoms with E-state index in [2.05, 4.69) is 10.2 Å². The molecule has 0 radical (unpaired) electrons. The molecular formula is C15H12ClN5O2. The van der Waals surface area contributed by atoms with Gasteiger partial charge in [0.05, 0.1) is 5.69 Å². The second-order valence-corrected chi connectivity index (χ2v) is 5.32. The van der Waals surface area contributed by atoms with Crippen molar-refractivity contribution in [1.29, 1.82) is 0 Å². The van der Waals surface area contributed by atoms with Gasteiger partial charge in [-0.2, -0.15) is 14.9 Å². The van der Waals surface area contributed by atoms with Gasteiger partial charge < -0.3 is 5.73 Å². The normalized spacial score (nSPS) is 10.7. The highest BCUT2D eigenvalue weighted by Crippen LogP contribution is 2.20. The number of hydrogen-bond donors (Lipinski definition) is 1. The van der Waals surface area contributed by atoms with E-state index in [0.717, 1.165) is 4.68 Å². The Labute approximate surface area is 135 Å². The highest BCUT2D eigenvalue weighted by molar-refractivity contribution is 6.30. The van der Waals surface area contributed by atoms with Crippen LogP contribution in [-0.2, 0) is 7.05 Å². The number of aromatic nitrogens is 4. The average molecular weight is 330 g/mol. The van der Waals surface area contributed by atoms with E-state index in [4.69, 9.17) is 17.3 Å². The van der Waals surface area contributed by atoms with Crippen molar-refractivity contribution >= 4 is 17.5 Å². The minimum absolute atomic E-state index is 0.157. The molecule has 23 heavy (non-hydrogen) atoms. The summed E-state index contributed by atoms with van der Waals surface area (Å²) in [4.78, 5) is 24.0. The molecule has 2 aromatic heterocycles. The maximum atomic E-state index is 12.4. The predicted molar refractivity (Wildman–Crippen MR) is 85.6 cm³/mol. The maximum absolute atomic E-state index is 12.4. The van der Waals surface area contributed by atoms with Crippen LogP contribution in [0.25, 0.3) is 17.1 Å². The van der Waals surface area contributed by atoms with E-state index in [1.165, 1.54) is 10.7 Å². The zero-order valence-electron chi connectivity index (χ0n) is 12.1. The molecule has 2 heterocycles. The molecule has 0 saturated carbocycles. The molecule has 7 nitrogen and oxygen atoms in total. The first-order valence-corrected chi connectivity index (χ1v) is 7.03. The lowest BCUT2D eigenvalue weighted by Gasteiger charge is -2.07. The number of halogens is 1. The van der Waals surface area contributed by atoms with Gasteiger partial charge in [-0.15, -0.1) is 0 Å². The molecular weight excluding hydrogens is 318 g/mol. The first kappa shape index (κ1) is 15.0. The van der Waals surface area contributed by atoms with Crippen LogP contribution in [0.1, 0.15) is 10.4 Å². The number of benzene rings is 1. The zero-order valence-corrected chi connectivity index (χ0v) is 12.9. The van der Waals surface area contributed by atoms with Crippen molar-refractivity contribution in [3.63, 3.8) is 0 Å². The van der Waals surface area contributed by atoms with Crippen molar-refractivity contribution in [2.45, 2.75) is 0 Å². The maximum Gasteiger partial charge on any atom is 0.285 e. The molecule has 2 N–H and O–H groups in total. The van der Waals surface area contributed by atoms with Gasteiger partial charge in [-0.3, -0.25) is 14.3 Å². The Morgan fingerprint density at radius 2 is 1.87 bits per heavy atom. The van der Waals surface area contributed by atoms with Crippen molar-refractivity contribution in [2.75, 3.05) is 0 Å². The van der Waals surface area contributed by atoms with Crippen molar-refractivity contribution in [3.05, 3.63) is 63.5 Å². The van der Waals surface area contributed by atoms with E-state index in [-0.39, 0.29) is 5.56 Å². The molecule has 3 rings (SSSR count). The monoisotopic (exact) mass is 329 g/mol. The lowest BCUT2D eigenvalue weighted by molar-refractivity contribution is 0.0998. The Bertz CT molecular complexity index is 943. The van der Waals surface area contributed by atoms with Crippen LogP contribution in [0.5, 0.6) is 0 Å². The Morgan fingerprint density at radius 3 is 2.43 bits per heavy atom. The Hall–Kier alpha value is -2.93. The minimum atomic E-state index is -0.822. The molecule has 1 amide bonds. The predicted octanol–water partition coefficient (Wildman–Crippen LogP) is 1.39. The summed E-state index contributed by atoms with van der Waals surface area (Å²) in [5, 5.41) is 8.98. The molecule has 1 aromatic carbocycles. The molecule has 8 heteroatoms. The standard InChI is InChI=1S/C15H12ClN5O2/c1-20-7-6-13(19-20)21-15(23)11(14(17)22)8-12(18-21)9-2-4-10(16)5-3-9/h2-8H,1H3,(H2,17,22). The molecule has 0 aliphatic carbocycles. The Balaban J connectivity index is 2.25. The van der Waals surface area contributed by atoms with Gasteiger partial charge in [0.2, 0.25) is 0 Å². The smallest absolute Gasteiger partial charge is 0.285 e. The van der Waals surface area contributed by atoms with E-state index in [1.807, 2.05) is 0 Å². The van der Waals surface area contributed by atoms with E-state index in [0.29, 0.717) is 22.1 Å². The third-order valence-electron chi connectivity index (χ3n) is 3.23. The van der Waals surface area contributed by atoms with Crippen LogP contribution in [0, 0.1) is 0 Å². The molecule has 0 atom stereocenters. The summed E-state index contributed by atoms with van der Waals surface area (Å²) < 4.78 is 2.59. The molecule has 0 aliphatic heterocycles. The molecule has 0 fully saturated rings. The summed E-state index contributed by atoms with van der Waals surface area (Å²) >= 11 is 5.87. The van der Waals surface area contributed by atoms with Gasteiger partial charge in [-0.1, -0.05) is 23.7 Å². The number of hydrogen-bond acceptors (Lipinski definition) is 4. The van der Waals surface area contributed by atoms with Gasteiger partial charge in [0.1, 0.15) is 5.56 Å². The van der Waals surface area contributed by atoms with Gasteiger partial charge in [0.15, 0.2) is 5.82 Å². The summed E-state index contributed by atoms with van der Waals surface area (Å²) in [5.41, 5.74) is 5.65. The molecule has 3 aromatic rings. The summed E-state index contributed by atoms with van der Waals surface area (Å²) in [6.45, 7) is 0. The fourth-order valence-corrected chi connectivity index (χ4v) is 2.23. The summed E-state index contributed by atoms with van der Waals surface area (Å²) in [6, 6.07) is 9.85. The minimum Gasteiger partial charge on any atom is -0.365 e. The van der Waals surface area contributed by atoms with Gasteiger partial charge in [-0.25, -0.2) is 0 Å². The van der Waals surface area contributed by atoms with E-state index in [9.17, 15) is 9.59 Å². The van der Waals surface area contributed by atoms with Crippen LogP contribution in [0.15, 0.2) is 47.4 Å². The number of nitrogens with two attached hydrogens (primary N) is 1. The van der Waals surface area contributed by atoms with Crippen LogP contribution >= 0.6 is 11.6 Å².